The minimum Gasteiger partial charge on any atom is -0.385 e. The Morgan fingerprint density at radius 2 is 1.86 bits per heavy atom. The van der Waals surface area contributed by atoms with Crippen molar-refractivity contribution in [1.29, 1.82) is 0 Å². The highest BCUT2D eigenvalue weighted by Crippen LogP contribution is 2.15. The monoisotopic (exact) mass is 309 g/mol. The summed E-state index contributed by atoms with van der Waals surface area (Å²) in [6, 6.07) is 10.5. The predicted molar refractivity (Wildman–Crippen MR) is 92.3 cm³/mol. The summed E-state index contributed by atoms with van der Waals surface area (Å²) in [6.07, 6.45) is 3.45. The molecule has 5 heteroatoms. The van der Waals surface area contributed by atoms with Crippen LogP contribution >= 0.6 is 11.8 Å². The van der Waals surface area contributed by atoms with E-state index in [1.807, 2.05) is 24.9 Å². The van der Waals surface area contributed by atoms with Crippen molar-refractivity contribution in [2.45, 2.75) is 24.2 Å². The quantitative estimate of drug-likeness (QED) is 0.302. The Bertz CT molecular complexity index is 384. The number of guanidine groups is 1. The number of methoxy groups -OCH3 is 1. The first-order valence-electron chi connectivity index (χ1n) is 7.48. The van der Waals surface area contributed by atoms with E-state index in [2.05, 4.69) is 39.9 Å². The number of ether oxygens (including phenoxy) is 1. The second kappa shape index (κ2) is 12.5. The van der Waals surface area contributed by atoms with Crippen LogP contribution in [0.5, 0.6) is 0 Å². The minimum atomic E-state index is 0.851. The van der Waals surface area contributed by atoms with Crippen LogP contribution in [0.2, 0.25) is 0 Å². The second-order valence-electron chi connectivity index (χ2n) is 4.64. The smallest absolute Gasteiger partial charge is 0.191 e. The molecule has 0 aliphatic heterocycles. The predicted octanol–water partition coefficient (Wildman–Crippen LogP) is 2.76. The van der Waals surface area contributed by atoms with Crippen molar-refractivity contribution >= 4 is 17.7 Å². The van der Waals surface area contributed by atoms with E-state index in [1.54, 1.807) is 7.11 Å². The molecule has 0 aromatic heterocycles. The molecule has 0 atom stereocenters. The standard InChI is InChI=1S/C16H27N3OS/c1-17-16(18-11-7-4-8-13-20-2)19-12-14-21-15-9-5-3-6-10-15/h3,5-6,9-10H,4,7-8,11-14H2,1-2H3,(H2,17,18,19). The SMILES string of the molecule is CN=C(NCCCCCOC)NCCSc1ccccc1. The van der Waals surface area contributed by atoms with E-state index < -0.39 is 0 Å². The van der Waals surface area contributed by atoms with Crippen LogP contribution in [0.1, 0.15) is 19.3 Å². The Balaban J connectivity index is 2.03. The Labute approximate surface area is 132 Å². The van der Waals surface area contributed by atoms with Crippen LogP contribution in [0.15, 0.2) is 40.2 Å². The molecule has 0 spiro atoms. The number of nitrogens with one attached hydrogen (secondary N) is 2. The maximum atomic E-state index is 5.03. The van der Waals surface area contributed by atoms with Gasteiger partial charge >= 0.3 is 0 Å². The van der Waals surface area contributed by atoms with Gasteiger partial charge in [-0.15, -0.1) is 11.8 Å². The molecule has 4 nitrogen and oxygen atoms in total. The van der Waals surface area contributed by atoms with Crippen molar-refractivity contribution in [2.24, 2.45) is 4.99 Å². The van der Waals surface area contributed by atoms with Gasteiger partial charge in [-0.2, -0.15) is 0 Å². The fraction of sp³-hybridized carbons (Fsp3) is 0.562. The van der Waals surface area contributed by atoms with Crippen LogP contribution in [0, 0.1) is 0 Å². The lowest BCUT2D eigenvalue weighted by Gasteiger charge is -2.11. The first-order chi connectivity index (χ1) is 10.4. The summed E-state index contributed by atoms with van der Waals surface area (Å²) >= 11 is 1.85. The summed E-state index contributed by atoms with van der Waals surface area (Å²) in [5.74, 6) is 1.91. The number of unbranched alkanes of at least 4 members (excludes halogenated alkanes) is 2. The van der Waals surface area contributed by atoms with Crippen LogP contribution < -0.4 is 10.6 Å². The van der Waals surface area contributed by atoms with Gasteiger partial charge in [-0.05, 0) is 31.4 Å². The highest BCUT2D eigenvalue weighted by molar-refractivity contribution is 7.99. The van der Waals surface area contributed by atoms with Crippen LogP contribution in [-0.4, -0.2) is 45.6 Å². The summed E-state index contributed by atoms with van der Waals surface area (Å²) in [7, 11) is 3.56. The summed E-state index contributed by atoms with van der Waals surface area (Å²) in [4.78, 5) is 5.53. The Morgan fingerprint density at radius 3 is 2.57 bits per heavy atom. The molecule has 0 unspecified atom stereocenters. The van der Waals surface area contributed by atoms with Gasteiger partial charge in [0.05, 0.1) is 0 Å². The summed E-state index contributed by atoms with van der Waals surface area (Å²) in [6.45, 7) is 2.71. The molecule has 118 valence electrons. The van der Waals surface area contributed by atoms with Gasteiger partial charge in [-0.1, -0.05) is 18.2 Å². The number of hydrogen-bond donors (Lipinski definition) is 2. The zero-order chi connectivity index (χ0) is 15.2. The maximum absolute atomic E-state index is 5.03. The molecule has 1 aromatic carbocycles. The number of benzene rings is 1. The van der Waals surface area contributed by atoms with E-state index in [1.165, 1.54) is 11.3 Å². The van der Waals surface area contributed by atoms with Crippen molar-refractivity contribution in [2.75, 3.05) is 39.6 Å². The van der Waals surface area contributed by atoms with E-state index >= 15 is 0 Å². The van der Waals surface area contributed by atoms with E-state index in [0.717, 1.165) is 44.3 Å². The third-order valence-corrected chi connectivity index (χ3v) is 3.96. The molecule has 0 aliphatic carbocycles. The zero-order valence-electron chi connectivity index (χ0n) is 13.1. The molecule has 0 heterocycles. The van der Waals surface area contributed by atoms with Gasteiger partial charge in [0.2, 0.25) is 0 Å². The van der Waals surface area contributed by atoms with E-state index in [-0.39, 0.29) is 0 Å². The molecule has 0 saturated heterocycles. The van der Waals surface area contributed by atoms with Gasteiger partial charge < -0.3 is 15.4 Å². The third kappa shape index (κ3) is 9.37. The van der Waals surface area contributed by atoms with Gasteiger partial charge in [0.15, 0.2) is 5.96 Å². The lowest BCUT2D eigenvalue weighted by molar-refractivity contribution is 0.192. The van der Waals surface area contributed by atoms with E-state index in [9.17, 15) is 0 Å². The third-order valence-electron chi connectivity index (χ3n) is 2.95. The molecule has 2 N–H and O–H groups in total. The summed E-state index contributed by atoms with van der Waals surface area (Å²) in [5, 5.41) is 6.67. The molecule has 0 bridgehead atoms. The molecule has 1 rings (SSSR count). The van der Waals surface area contributed by atoms with Crippen molar-refractivity contribution in [1.82, 2.24) is 10.6 Å². The zero-order valence-corrected chi connectivity index (χ0v) is 13.9. The van der Waals surface area contributed by atoms with Gasteiger partial charge in [-0.25, -0.2) is 0 Å². The number of thioether (sulfide) groups is 1. The highest BCUT2D eigenvalue weighted by atomic mass is 32.2. The molecular weight excluding hydrogens is 282 g/mol. The number of hydrogen-bond acceptors (Lipinski definition) is 3. The fourth-order valence-electron chi connectivity index (χ4n) is 1.83. The molecule has 0 radical (unpaired) electrons. The van der Waals surface area contributed by atoms with Crippen molar-refractivity contribution in [3.63, 3.8) is 0 Å². The van der Waals surface area contributed by atoms with Gasteiger partial charge in [-0.3, -0.25) is 4.99 Å². The van der Waals surface area contributed by atoms with Crippen LogP contribution in [0.3, 0.4) is 0 Å². The Kier molecular flexibility index (Phi) is 10.7. The van der Waals surface area contributed by atoms with Crippen LogP contribution in [-0.2, 0) is 4.74 Å². The average molecular weight is 309 g/mol. The molecular formula is C16H27N3OS. The van der Waals surface area contributed by atoms with E-state index in [4.69, 9.17) is 4.74 Å². The largest absolute Gasteiger partial charge is 0.385 e. The van der Waals surface area contributed by atoms with Crippen molar-refractivity contribution in [3.05, 3.63) is 30.3 Å². The highest BCUT2D eigenvalue weighted by Gasteiger charge is 1.97. The van der Waals surface area contributed by atoms with Crippen molar-refractivity contribution in [3.8, 4) is 0 Å². The lowest BCUT2D eigenvalue weighted by atomic mass is 10.2. The topological polar surface area (TPSA) is 45.7 Å². The lowest BCUT2D eigenvalue weighted by Crippen LogP contribution is -2.38. The summed E-state index contributed by atoms with van der Waals surface area (Å²) < 4.78 is 5.03. The first kappa shape index (κ1) is 17.9. The summed E-state index contributed by atoms with van der Waals surface area (Å²) in [5.41, 5.74) is 0. The normalized spacial score (nSPS) is 11.4. The Morgan fingerprint density at radius 1 is 1.10 bits per heavy atom. The Hall–Kier alpha value is -1.20. The molecule has 0 amide bonds. The van der Waals surface area contributed by atoms with Crippen LogP contribution in [0.25, 0.3) is 0 Å². The molecule has 0 fully saturated rings. The molecule has 21 heavy (non-hydrogen) atoms. The minimum absolute atomic E-state index is 0.851. The number of rotatable bonds is 10. The van der Waals surface area contributed by atoms with Gasteiger partial charge in [0, 0.05) is 44.5 Å². The molecule has 0 saturated carbocycles. The molecule has 0 aliphatic rings. The van der Waals surface area contributed by atoms with Gasteiger partial charge in [0.1, 0.15) is 0 Å². The van der Waals surface area contributed by atoms with Gasteiger partial charge in [0.25, 0.3) is 0 Å². The number of aliphatic imine (C=N–C) groups is 1. The van der Waals surface area contributed by atoms with E-state index in [0.29, 0.717) is 0 Å². The molecule has 1 aromatic rings. The maximum Gasteiger partial charge on any atom is 0.191 e. The van der Waals surface area contributed by atoms with Crippen molar-refractivity contribution < 1.29 is 4.74 Å². The number of nitrogens with zero attached hydrogens (tertiary/aromatic N) is 1. The fourth-order valence-corrected chi connectivity index (χ4v) is 2.62. The first-order valence-corrected chi connectivity index (χ1v) is 8.46. The van der Waals surface area contributed by atoms with Crippen LogP contribution in [0.4, 0.5) is 0 Å². The second-order valence-corrected chi connectivity index (χ2v) is 5.81. The average Bonchev–Trinajstić information content (AvgIpc) is 2.53.